The number of fused-ring (bicyclic) bond motifs is 1. The molecule has 0 saturated heterocycles. The van der Waals surface area contributed by atoms with E-state index in [0.717, 1.165) is 0 Å². The molecule has 0 aromatic carbocycles. The van der Waals surface area contributed by atoms with Gasteiger partial charge in [-0.15, -0.1) is 0 Å². The Morgan fingerprint density at radius 1 is 1.31 bits per heavy atom. The Balaban J connectivity index is 2.09. The summed E-state index contributed by atoms with van der Waals surface area (Å²) >= 11 is -2.11. The second kappa shape index (κ2) is 7.85. The number of aromatic nitrogens is 5. The number of hydrogen-bond donors (Lipinski definition) is 2. The Morgan fingerprint density at radius 2 is 2.12 bits per heavy atom. The van der Waals surface area contributed by atoms with Crippen molar-refractivity contribution >= 4 is 22.6 Å². The molecular formula is C16H20N6O3S. The molecule has 0 fully saturated rings. The number of pyridine rings is 1. The van der Waals surface area contributed by atoms with Gasteiger partial charge in [0.2, 0.25) is 17.1 Å². The van der Waals surface area contributed by atoms with Crippen LogP contribution in [-0.4, -0.2) is 39.9 Å². The highest BCUT2D eigenvalue weighted by atomic mass is 32.2. The Hall–Kier alpha value is -2.43. The molecule has 26 heavy (non-hydrogen) atoms. The first-order valence-electron chi connectivity index (χ1n) is 8.18. The van der Waals surface area contributed by atoms with Gasteiger partial charge in [0.25, 0.3) is 0 Å². The fourth-order valence-corrected chi connectivity index (χ4v) is 2.83. The summed E-state index contributed by atoms with van der Waals surface area (Å²) in [5.41, 5.74) is 2.30. The Morgan fingerprint density at radius 3 is 2.81 bits per heavy atom. The number of rotatable bonds is 7. The highest BCUT2D eigenvalue weighted by Crippen LogP contribution is 2.26. The van der Waals surface area contributed by atoms with Crippen molar-refractivity contribution in [1.29, 1.82) is 0 Å². The van der Waals surface area contributed by atoms with Crippen molar-refractivity contribution in [3.63, 3.8) is 0 Å². The van der Waals surface area contributed by atoms with Crippen molar-refractivity contribution in [3.8, 4) is 17.4 Å². The molecule has 0 aliphatic carbocycles. The zero-order valence-electron chi connectivity index (χ0n) is 14.7. The average molecular weight is 376 g/mol. The minimum atomic E-state index is -2.11. The second-order valence-corrected chi connectivity index (χ2v) is 6.56. The van der Waals surface area contributed by atoms with E-state index in [2.05, 4.69) is 24.7 Å². The van der Waals surface area contributed by atoms with Crippen LogP contribution in [0.5, 0.6) is 5.88 Å². The van der Waals surface area contributed by atoms with Crippen LogP contribution in [0, 0.1) is 0 Å². The van der Waals surface area contributed by atoms with E-state index in [-0.39, 0.29) is 12.6 Å². The standard InChI is InChI=1S/C16H20N6O3S/c1-4-25-13-7-5-6-12(20-13)15-21-14-16(22(15)10(2)3)19-11(8-17-14)9-18-26(23)24/h5-8,10,18H,4,9H2,1-3H3,(H,23,24). The molecule has 0 spiro atoms. The van der Waals surface area contributed by atoms with E-state index in [4.69, 9.17) is 9.29 Å². The van der Waals surface area contributed by atoms with Crippen molar-refractivity contribution < 1.29 is 13.5 Å². The average Bonchev–Trinajstić information content (AvgIpc) is 2.99. The van der Waals surface area contributed by atoms with E-state index >= 15 is 0 Å². The molecule has 138 valence electrons. The van der Waals surface area contributed by atoms with Crippen molar-refractivity contribution in [2.24, 2.45) is 0 Å². The summed E-state index contributed by atoms with van der Waals surface area (Å²) in [4.78, 5) is 18.0. The smallest absolute Gasteiger partial charge is 0.232 e. The van der Waals surface area contributed by atoms with Gasteiger partial charge >= 0.3 is 0 Å². The van der Waals surface area contributed by atoms with Crippen LogP contribution in [0.1, 0.15) is 32.5 Å². The SMILES string of the molecule is CCOc1cccc(-c2nc3ncc(CNS(=O)O)nc3n2C(C)C)n1. The third-order valence-corrected chi connectivity index (χ3v) is 3.98. The molecule has 3 aromatic heterocycles. The van der Waals surface area contributed by atoms with Crippen LogP contribution in [0.3, 0.4) is 0 Å². The molecule has 0 aliphatic rings. The third-order valence-electron chi connectivity index (χ3n) is 3.59. The second-order valence-electron chi connectivity index (χ2n) is 5.77. The third kappa shape index (κ3) is 3.87. The zero-order valence-corrected chi connectivity index (χ0v) is 15.5. The van der Waals surface area contributed by atoms with E-state index in [9.17, 15) is 4.21 Å². The molecule has 3 rings (SSSR count). The number of nitrogens with one attached hydrogen (secondary N) is 1. The highest BCUT2D eigenvalue weighted by Gasteiger charge is 2.19. The van der Waals surface area contributed by atoms with Gasteiger partial charge in [0.05, 0.1) is 25.0 Å². The van der Waals surface area contributed by atoms with Crippen LogP contribution in [0.4, 0.5) is 0 Å². The summed E-state index contributed by atoms with van der Waals surface area (Å²) in [5.74, 6) is 1.18. The molecule has 0 radical (unpaired) electrons. The van der Waals surface area contributed by atoms with E-state index in [1.54, 1.807) is 6.07 Å². The topological polar surface area (TPSA) is 115 Å². The van der Waals surface area contributed by atoms with Crippen LogP contribution in [0.2, 0.25) is 0 Å². The van der Waals surface area contributed by atoms with Gasteiger partial charge in [-0.3, -0.25) is 4.55 Å². The van der Waals surface area contributed by atoms with Gasteiger partial charge in [-0.1, -0.05) is 6.07 Å². The summed E-state index contributed by atoms with van der Waals surface area (Å²) in [6, 6.07) is 5.59. The maximum absolute atomic E-state index is 10.8. The molecule has 2 N–H and O–H groups in total. The number of nitrogens with zero attached hydrogens (tertiary/aromatic N) is 5. The summed E-state index contributed by atoms with van der Waals surface area (Å²) in [5, 5.41) is 0. The fourth-order valence-electron chi connectivity index (χ4n) is 2.56. The molecule has 1 unspecified atom stereocenters. The molecule has 9 nitrogen and oxygen atoms in total. The van der Waals surface area contributed by atoms with E-state index in [1.165, 1.54) is 6.20 Å². The van der Waals surface area contributed by atoms with Gasteiger partial charge in [-0.25, -0.2) is 28.9 Å². The summed E-state index contributed by atoms with van der Waals surface area (Å²) in [6.07, 6.45) is 1.54. The zero-order chi connectivity index (χ0) is 18.7. The molecule has 0 amide bonds. The summed E-state index contributed by atoms with van der Waals surface area (Å²) in [6.45, 7) is 6.60. The van der Waals surface area contributed by atoms with Gasteiger partial charge in [0, 0.05) is 12.1 Å². The predicted molar refractivity (Wildman–Crippen MR) is 97.7 cm³/mol. The molecule has 0 aliphatic heterocycles. The first-order chi connectivity index (χ1) is 12.5. The fraction of sp³-hybridized carbons (Fsp3) is 0.375. The van der Waals surface area contributed by atoms with Gasteiger partial charge < -0.3 is 9.30 Å². The lowest BCUT2D eigenvalue weighted by atomic mass is 10.3. The van der Waals surface area contributed by atoms with Crippen molar-refractivity contribution in [3.05, 3.63) is 30.1 Å². The first-order valence-corrected chi connectivity index (χ1v) is 9.28. The molecule has 10 heteroatoms. The number of hydrogen-bond acceptors (Lipinski definition) is 6. The molecule has 3 heterocycles. The van der Waals surface area contributed by atoms with E-state index in [1.807, 2.05) is 37.5 Å². The van der Waals surface area contributed by atoms with Gasteiger partial charge in [0.15, 0.2) is 17.1 Å². The van der Waals surface area contributed by atoms with Gasteiger partial charge in [-0.2, -0.15) is 0 Å². The lowest BCUT2D eigenvalue weighted by molar-refractivity contribution is 0.327. The van der Waals surface area contributed by atoms with Crippen LogP contribution >= 0.6 is 0 Å². The quantitative estimate of drug-likeness (QED) is 0.607. The maximum atomic E-state index is 10.8. The highest BCUT2D eigenvalue weighted by molar-refractivity contribution is 7.77. The Kier molecular flexibility index (Phi) is 5.55. The van der Waals surface area contributed by atoms with E-state index in [0.29, 0.717) is 41.0 Å². The summed E-state index contributed by atoms with van der Waals surface area (Å²) in [7, 11) is 0. The number of ether oxygens (including phenoxy) is 1. The van der Waals surface area contributed by atoms with Crippen LogP contribution < -0.4 is 9.46 Å². The lowest BCUT2D eigenvalue weighted by Gasteiger charge is -2.12. The van der Waals surface area contributed by atoms with Crippen LogP contribution in [-0.2, 0) is 17.8 Å². The first kappa shape index (κ1) is 18.4. The molecular weight excluding hydrogens is 356 g/mol. The maximum Gasteiger partial charge on any atom is 0.232 e. The predicted octanol–water partition coefficient (Wildman–Crippen LogP) is 2.09. The Labute approximate surface area is 153 Å². The molecule has 3 aromatic rings. The lowest BCUT2D eigenvalue weighted by Crippen LogP contribution is -2.16. The molecule has 0 saturated carbocycles. The minimum Gasteiger partial charge on any atom is -0.478 e. The number of imidazole rings is 1. The summed E-state index contributed by atoms with van der Waals surface area (Å²) < 4.78 is 29.5. The van der Waals surface area contributed by atoms with Crippen molar-refractivity contribution in [1.82, 2.24) is 29.2 Å². The molecule has 0 bridgehead atoms. The minimum absolute atomic E-state index is 0.0667. The normalized spacial score (nSPS) is 12.7. The van der Waals surface area contributed by atoms with Gasteiger partial charge in [-0.05, 0) is 26.8 Å². The monoisotopic (exact) mass is 376 g/mol. The van der Waals surface area contributed by atoms with Crippen LogP contribution in [0.25, 0.3) is 22.8 Å². The van der Waals surface area contributed by atoms with E-state index < -0.39 is 11.3 Å². The largest absolute Gasteiger partial charge is 0.478 e. The van der Waals surface area contributed by atoms with Gasteiger partial charge in [0.1, 0.15) is 5.69 Å². The van der Waals surface area contributed by atoms with Crippen molar-refractivity contribution in [2.75, 3.05) is 6.61 Å². The van der Waals surface area contributed by atoms with Crippen molar-refractivity contribution in [2.45, 2.75) is 33.4 Å². The Bertz CT molecular complexity index is 943. The van der Waals surface area contributed by atoms with Crippen LogP contribution in [0.15, 0.2) is 24.4 Å². The molecule has 1 atom stereocenters.